The first kappa shape index (κ1) is 16.9. The van der Waals surface area contributed by atoms with Gasteiger partial charge in [0.1, 0.15) is 11.1 Å². The highest BCUT2D eigenvalue weighted by Crippen LogP contribution is 2.35. The quantitative estimate of drug-likeness (QED) is 0.649. The lowest BCUT2D eigenvalue weighted by molar-refractivity contribution is 0.418. The van der Waals surface area contributed by atoms with E-state index in [1.807, 2.05) is 24.4 Å². The summed E-state index contributed by atoms with van der Waals surface area (Å²) in [6.45, 7) is 0.544. The van der Waals surface area contributed by atoms with Crippen LogP contribution in [-0.2, 0) is 16.6 Å². The molecule has 1 aliphatic rings. The number of sulfonamides is 1. The summed E-state index contributed by atoms with van der Waals surface area (Å²) in [5.41, 5.74) is 1.38. The van der Waals surface area contributed by atoms with Crippen LogP contribution in [0.4, 0.5) is 5.82 Å². The van der Waals surface area contributed by atoms with E-state index in [0.29, 0.717) is 35.6 Å². The van der Waals surface area contributed by atoms with Crippen LogP contribution in [0.15, 0.2) is 35.1 Å². The summed E-state index contributed by atoms with van der Waals surface area (Å²) in [7, 11) is -1.94. The number of hydrogen-bond acceptors (Lipinski definition) is 6. The number of hydrogen-bond donors (Lipinski definition) is 1. The van der Waals surface area contributed by atoms with Crippen LogP contribution in [0.25, 0.3) is 11.0 Å². The van der Waals surface area contributed by atoms with Crippen molar-refractivity contribution in [3.05, 3.63) is 36.2 Å². The van der Waals surface area contributed by atoms with E-state index in [1.54, 1.807) is 10.9 Å². The summed E-state index contributed by atoms with van der Waals surface area (Å²) < 4.78 is 39.7. The average Bonchev–Trinajstić information content (AvgIpc) is 3.17. The number of aromatic nitrogens is 3. The molecule has 0 spiro atoms. The highest BCUT2D eigenvalue weighted by atomic mass is 32.2. The minimum absolute atomic E-state index is 0.0890. The Kier molecular flexibility index (Phi) is 4.31. The van der Waals surface area contributed by atoms with Crippen molar-refractivity contribution in [2.75, 3.05) is 17.6 Å². The Hall–Kier alpha value is -2.55. The molecule has 0 bridgehead atoms. The van der Waals surface area contributed by atoms with Gasteiger partial charge in [0.25, 0.3) is 0 Å². The second-order valence-electron chi connectivity index (χ2n) is 6.56. The van der Waals surface area contributed by atoms with Crippen LogP contribution in [0.2, 0.25) is 0 Å². The fraction of sp³-hybridized carbons (Fsp3) is 0.412. The lowest BCUT2D eigenvalue weighted by Gasteiger charge is -2.08. The molecule has 0 amide bonds. The molecular weight excluding hydrogens is 356 g/mol. The van der Waals surface area contributed by atoms with E-state index >= 15 is 0 Å². The molecule has 2 heterocycles. The SMILES string of the molecule is COc1cc(Cn2cccn2)cc2onc(NS(=O)(=O)CCC3CC3)c12. The van der Waals surface area contributed by atoms with Crippen LogP contribution in [0, 0.1) is 5.92 Å². The Bertz CT molecular complexity index is 1010. The normalized spacial score (nSPS) is 14.7. The zero-order valence-corrected chi connectivity index (χ0v) is 15.2. The molecular formula is C17H20N4O4S. The lowest BCUT2D eigenvalue weighted by Crippen LogP contribution is -2.17. The fourth-order valence-electron chi connectivity index (χ4n) is 2.92. The summed E-state index contributed by atoms with van der Waals surface area (Å²) in [5, 5.41) is 8.60. The highest BCUT2D eigenvalue weighted by Gasteiger charge is 2.25. The molecule has 0 radical (unpaired) electrons. The number of ether oxygens (including phenoxy) is 1. The molecule has 0 aliphatic heterocycles. The predicted molar refractivity (Wildman–Crippen MR) is 96.6 cm³/mol. The second-order valence-corrected chi connectivity index (χ2v) is 8.40. The molecule has 26 heavy (non-hydrogen) atoms. The van der Waals surface area contributed by atoms with Gasteiger partial charge in [-0.3, -0.25) is 9.40 Å². The Morgan fingerprint density at radius 3 is 2.92 bits per heavy atom. The van der Waals surface area contributed by atoms with Crippen LogP contribution in [0.3, 0.4) is 0 Å². The van der Waals surface area contributed by atoms with Crippen molar-refractivity contribution in [2.24, 2.45) is 5.92 Å². The smallest absolute Gasteiger partial charge is 0.233 e. The Labute approximate surface area is 151 Å². The van der Waals surface area contributed by atoms with Gasteiger partial charge in [0.05, 0.1) is 19.4 Å². The van der Waals surface area contributed by atoms with Crippen molar-refractivity contribution in [2.45, 2.75) is 25.8 Å². The second kappa shape index (κ2) is 6.64. The van der Waals surface area contributed by atoms with Crippen molar-refractivity contribution in [3.8, 4) is 5.75 Å². The summed E-state index contributed by atoms with van der Waals surface area (Å²) in [6, 6.07) is 5.50. The molecule has 138 valence electrons. The maximum absolute atomic E-state index is 12.3. The topological polar surface area (TPSA) is 99.2 Å². The lowest BCUT2D eigenvalue weighted by atomic mass is 10.1. The molecule has 3 aromatic rings. The van der Waals surface area contributed by atoms with Crippen LogP contribution in [0.1, 0.15) is 24.8 Å². The number of methoxy groups -OCH3 is 1. The summed E-state index contributed by atoms with van der Waals surface area (Å²) in [6.07, 6.45) is 6.48. The molecule has 8 nitrogen and oxygen atoms in total. The number of nitrogens with zero attached hydrogens (tertiary/aromatic N) is 3. The molecule has 1 saturated carbocycles. The first-order valence-corrected chi connectivity index (χ1v) is 10.1. The maximum atomic E-state index is 12.3. The van der Waals surface area contributed by atoms with E-state index in [1.165, 1.54) is 7.11 Å². The third kappa shape index (κ3) is 3.67. The highest BCUT2D eigenvalue weighted by molar-refractivity contribution is 7.92. The Morgan fingerprint density at radius 1 is 1.38 bits per heavy atom. The first-order chi connectivity index (χ1) is 12.5. The number of fused-ring (bicyclic) bond motifs is 1. The van der Waals surface area contributed by atoms with Gasteiger partial charge in [-0.05, 0) is 36.1 Å². The molecule has 0 atom stereocenters. The van der Waals surface area contributed by atoms with Crippen LogP contribution >= 0.6 is 0 Å². The standard InChI is InChI=1S/C17H20N4O4S/c1-24-14-9-13(11-21-7-2-6-18-21)10-15-16(14)17(19-25-15)20-26(22,23)8-5-12-3-4-12/h2,6-7,9-10,12H,3-5,8,11H2,1H3,(H,19,20). The molecule has 1 fully saturated rings. The maximum Gasteiger partial charge on any atom is 0.233 e. The zero-order valence-electron chi connectivity index (χ0n) is 14.4. The summed E-state index contributed by atoms with van der Waals surface area (Å²) in [5.74, 6) is 1.30. The van der Waals surface area contributed by atoms with Crippen LogP contribution in [0.5, 0.6) is 5.75 Å². The van der Waals surface area contributed by atoms with Gasteiger partial charge < -0.3 is 9.26 Å². The van der Waals surface area contributed by atoms with Crippen molar-refractivity contribution in [3.63, 3.8) is 0 Å². The van der Waals surface area contributed by atoms with Gasteiger partial charge in [0.2, 0.25) is 10.0 Å². The fourth-order valence-corrected chi connectivity index (χ4v) is 4.10. The van der Waals surface area contributed by atoms with E-state index in [0.717, 1.165) is 18.4 Å². The summed E-state index contributed by atoms with van der Waals surface area (Å²) >= 11 is 0. The molecule has 4 rings (SSSR count). The van der Waals surface area contributed by atoms with Crippen LogP contribution in [-0.4, -0.2) is 36.2 Å². The molecule has 2 aromatic heterocycles. The number of anilines is 1. The van der Waals surface area contributed by atoms with E-state index in [-0.39, 0.29) is 11.6 Å². The summed E-state index contributed by atoms with van der Waals surface area (Å²) in [4.78, 5) is 0. The third-order valence-electron chi connectivity index (χ3n) is 4.47. The molecule has 1 aliphatic carbocycles. The Balaban J connectivity index is 1.61. The minimum atomic E-state index is -3.47. The zero-order chi connectivity index (χ0) is 18.1. The van der Waals surface area contributed by atoms with Crippen molar-refractivity contribution in [1.29, 1.82) is 0 Å². The third-order valence-corrected chi connectivity index (χ3v) is 5.74. The molecule has 1 N–H and O–H groups in total. The minimum Gasteiger partial charge on any atom is -0.496 e. The van der Waals surface area contributed by atoms with E-state index < -0.39 is 10.0 Å². The van der Waals surface area contributed by atoms with E-state index in [4.69, 9.17) is 9.26 Å². The number of benzene rings is 1. The van der Waals surface area contributed by atoms with Crippen molar-refractivity contribution < 1.29 is 17.7 Å². The van der Waals surface area contributed by atoms with Gasteiger partial charge in [0.15, 0.2) is 11.4 Å². The van der Waals surface area contributed by atoms with Gasteiger partial charge in [-0.15, -0.1) is 0 Å². The first-order valence-electron chi connectivity index (χ1n) is 8.48. The van der Waals surface area contributed by atoms with Gasteiger partial charge >= 0.3 is 0 Å². The monoisotopic (exact) mass is 376 g/mol. The average molecular weight is 376 g/mol. The van der Waals surface area contributed by atoms with Gasteiger partial charge in [0, 0.05) is 12.4 Å². The van der Waals surface area contributed by atoms with Crippen molar-refractivity contribution in [1.82, 2.24) is 14.9 Å². The molecule has 1 aromatic carbocycles. The number of nitrogens with one attached hydrogen (secondary N) is 1. The molecule has 0 unspecified atom stereocenters. The van der Waals surface area contributed by atoms with Crippen LogP contribution < -0.4 is 9.46 Å². The van der Waals surface area contributed by atoms with Gasteiger partial charge in [-0.1, -0.05) is 18.0 Å². The predicted octanol–water partition coefficient (Wildman–Crippen LogP) is 2.62. The van der Waals surface area contributed by atoms with E-state index in [9.17, 15) is 8.42 Å². The van der Waals surface area contributed by atoms with Gasteiger partial charge in [-0.25, -0.2) is 8.42 Å². The Morgan fingerprint density at radius 2 is 2.23 bits per heavy atom. The number of rotatable bonds is 8. The van der Waals surface area contributed by atoms with Gasteiger partial charge in [-0.2, -0.15) is 5.10 Å². The van der Waals surface area contributed by atoms with Crippen molar-refractivity contribution >= 4 is 26.8 Å². The molecule has 9 heteroatoms. The molecule has 0 saturated heterocycles. The largest absolute Gasteiger partial charge is 0.496 e. The van der Waals surface area contributed by atoms with E-state index in [2.05, 4.69) is 15.0 Å².